The first-order chi connectivity index (χ1) is 17.5. The van der Waals surface area contributed by atoms with Crippen LogP contribution in [0, 0.1) is 5.92 Å². The molecule has 3 heterocycles. The third-order valence-corrected chi connectivity index (χ3v) is 6.87. The number of hydrogen-bond acceptors (Lipinski definition) is 6. The van der Waals surface area contributed by atoms with E-state index in [0.29, 0.717) is 49.2 Å². The molecule has 2 N–H and O–H groups in total. The molecule has 0 saturated carbocycles. The largest absolute Gasteiger partial charge is 0.464 e. The number of nitrogens with zero attached hydrogens (tertiary/aromatic N) is 2. The van der Waals surface area contributed by atoms with Crippen LogP contribution in [0.1, 0.15) is 55.6 Å². The predicted octanol–water partition coefficient (Wildman–Crippen LogP) is 5.03. The van der Waals surface area contributed by atoms with E-state index in [1.807, 2.05) is 28.8 Å². The lowest BCUT2D eigenvalue weighted by Gasteiger charge is -2.16. The molecule has 1 aromatic carbocycles. The minimum absolute atomic E-state index is 0.153. The van der Waals surface area contributed by atoms with Gasteiger partial charge in [0.25, 0.3) is 0 Å². The Hall–Kier alpha value is -3.39. The van der Waals surface area contributed by atoms with Gasteiger partial charge >= 0.3 is 5.97 Å². The van der Waals surface area contributed by atoms with E-state index in [9.17, 15) is 9.59 Å². The zero-order valence-corrected chi connectivity index (χ0v) is 21.4. The SMILES string of the molecule is CCC(CC)Nc1cnc2c(c1)c(NC(=O)C1CCOC1)c(C(=O)OC)n2CCCc1ccccc1. The van der Waals surface area contributed by atoms with Gasteiger partial charge in [-0.25, -0.2) is 9.78 Å². The Balaban J connectivity index is 1.74. The summed E-state index contributed by atoms with van der Waals surface area (Å²) in [5, 5.41) is 7.28. The number of amides is 1. The van der Waals surface area contributed by atoms with Crippen LogP contribution in [0.25, 0.3) is 11.0 Å². The Morgan fingerprint density at radius 2 is 2.00 bits per heavy atom. The van der Waals surface area contributed by atoms with E-state index in [1.165, 1.54) is 12.7 Å². The standard InChI is InChI=1S/C28H36N4O4/c1-4-21(5-2)30-22-16-23-24(31-27(33)20-13-15-36-18-20)25(28(34)35-3)32(26(23)29-17-22)14-9-12-19-10-7-6-8-11-19/h6-8,10-11,16-17,20-21,30H,4-5,9,12-15,18H2,1-3H3,(H,31,33). The molecule has 2 aromatic heterocycles. The first-order valence-electron chi connectivity index (χ1n) is 12.8. The number of fused-ring (bicyclic) bond motifs is 1. The predicted molar refractivity (Wildman–Crippen MR) is 141 cm³/mol. The maximum atomic E-state index is 13.1. The summed E-state index contributed by atoms with van der Waals surface area (Å²) in [7, 11) is 1.36. The lowest BCUT2D eigenvalue weighted by atomic mass is 10.1. The van der Waals surface area contributed by atoms with E-state index < -0.39 is 5.97 Å². The number of aryl methyl sites for hydroxylation is 2. The number of nitrogens with one attached hydrogen (secondary N) is 2. The van der Waals surface area contributed by atoms with E-state index in [1.54, 1.807) is 6.20 Å². The van der Waals surface area contributed by atoms with Gasteiger partial charge in [0.2, 0.25) is 5.91 Å². The fraction of sp³-hybridized carbons (Fsp3) is 0.464. The Morgan fingerprint density at radius 3 is 2.67 bits per heavy atom. The van der Waals surface area contributed by atoms with Gasteiger partial charge in [-0.15, -0.1) is 0 Å². The molecule has 1 aliphatic rings. The topological polar surface area (TPSA) is 94.5 Å². The third kappa shape index (κ3) is 5.70. The second-order valence-electron chi connectivity index (χ2n) is 9.26. The number of benzene rings is 1. The van der Waals surface area contributed by atoms with E-state index in [0.717, 1.165) is 36.8 Å². The second kappa shape index (κ2) is 12.0. The average molecular weight is 493 g/mol. The van der Waals surface area contributed by atoms with E-state index >= 15 is 0 Å². The quantitative estimate of drug-likeness (QED) is 0.365. The van der Waals surface area contributed by atoms with Gasteiger partial charge in [0.1, 0.15) is 5.65 Å². The molecule has 3 aromatic rings. The van der Waals surface area contributed by atoms with Gasteiger partial charge in [-0.05, 0) is 43.7 Å². The smallest absolute Gasteiger partial charge is 0.356 e. The molecule has 8 heteroatoms. The highest BCUT2D eigenvalue weighted by Gasteiger charge is 2.29. The number of methoxy groups -OCH3 is 1. The molecule has 1 saturated heterocycles. The van der Waals surface area contributed by atoms with Gasteiger partial charge in [0.05, 0.1) is 37.2 Å². The summed E-state index contributed by atoms with van der Waals surface area (Å²) < 4.78 is 12.5. The highest BCUT2D eigenvalue weighted by atomic mass is 16.5. The van der Waals surface area contributed by atoms with Gasteiger partial charge in [0.15, 0.2) is 5.69 Å². The van der Waals surface area contributed by atoms with E-state index in [4.69, 9.17) is 14.5 Å². The van der Waals surface area contributed by atoms with Crippen LogP contribution < -0.4 is 10.6 Å². The number of carbonyl (C=O) groups excluding carboxylic acids is 2. The second-order valence-corrected chi connectivity index (χ2v) is 9.26. The van der Waals surface area contributed by atoms with Gasteiger partial charge < -0.3 is 24.7 Å². The molecule has 0 spiro atoms. The summed E-state index contributed by atoms with van der Waals surface area (Å²) in [6, 6.07) is 12.5. The molecular weight excluding hydrogens is 456 g/mol. The molecule has 1 aliphatic heterocycles. The van der Waals surface area contributed by atoms with Crippen LogP contribution in [0.15, 0.2) is 42.6 Å². The summed E-state index contributed by atoms with van der Waals surface area (Å²) in [4.78, 5) is 30.9. The molecular formula is C28H36N4O4. The van der Waals surface area contributed by atoms with Crippen LogP contribution in [0.2, 0.25) is 0 Å². The van der Waals surface area contributed by atoms with Crippen LogP contribution >= 0.6 is 0 Å². The van der Waals surface area contributed by atoms with Crippen molar-refractivity contribution in [2.75, 3.05) is 31.0 Å². The third-order valence-electron chi connectivity index (χ3n) is 6.87. The first-order valence-corrected chi connectivity index (χ1v) is 12.8. The van der Waals surface area contributed by atoms with Crippen LogP contribution in [0.3, 0.4) is 0 Å². The van der Waals surface area contributed by atoms with Crippen LogP contribution in [-0.2, 0) is 27.2 Å². The van der Waals surface area contributed by atoms with Crippen molar-refractivity contribution in [2.24, 2.45) is 5.92 Å². The number of ether oxygens (including phenoxy) is 2. The highest BCUT2D eigenvalue weighted by Crippen LogP contribution is 2.34. The monoisotopic (exact) mass is 492 g/mol. The lowest BCUT2D eigenvalue weighted by molar-refractivity contribution is -0.119. The average Bonchev–Trinajstić information content (AvgIpc) is 3.55. The summed E-state index contributed by atoms with van der Waals surface area (Å²) in [5.41, 5.74) is 3.51. The van der Waals surface area contributed by atoms with Crippen molar-refractivity contribution in [3.63, 3.8) is 0 Å². The first kappa shape index (κ1) is 25.7. The van der Waals surface area contributed by atoms with Gasteiger partial charge in [-0.2, -0.15) is 0 Å². The molecule has 0 aliphatic carbocycles. The number of rotatable bonds is 11. The molecule has 4 rings (SSSR count). The number of carbonyl (C=O) groups is 2. The summed E-state index contributed by atoms with van der Waals surface area (Å²) in [5.74, 6) is -0.898. The molecule has 36 heavy (non-hydrogen) atoms. The zero-order chi connectivity index (χ0) is 25.5. The zero-order valence-electron chi connectivity index (χ0n) is 21.4. The number of esters is 1. The highest BCUT2D eigenvalue weighted by molar-refractivity contribution is 6.11. The van der Waals surface area contributed by atoms with Crippen molar-refractivity contribution in [1.29, 1.82) is 0 Å². The maximum Gasteiger partial charge on any atom is 0.356 e. The Kier molecular flexibility index (Phi) is 8.59. The van der Waals surface area contributed by atoms with Crippen LogP contribution in [0.5, 0.6) is 0 Å². The molecule has 0 bridgehead atoms. The fourth-order valence-corrected chi connectivity index (χ4v) is 4.74. The Labute approximate surface area is 212 Å². The summed E-state index contributed by atoms with van der Waals surface area (Å²) >= 11 is 0. The van der Waals surface area contributed by atoms with Crippen LogP contribution in [-0.4, -0.2) is 47.8 Å². The minimum atomic E-state index is -0.500. The maximum absolute atomic E-state index is 13.1. The summed E-state index contributed by atoms with van der Waals surface area (Å²) in [6.07, 6.45) is 6.08. The fourth-order valence-electron chi connectivity index (χ4n) is 4.74. The number of pyridine rings is 1. The van der Waals surface area contributed by atoms with Gasteiger partial charge in [-0.3, -0.25) is 4.79 Å². The number of aromatic nitrogens is 2. The normalized spacial score (nSPS) is 15.4. The van der Waals surface area contributed by atoms with Crippen molar-refractivity contribution in [2.45, 2.75) is 58.5 Å². The van der Waals surface area contributed by atoms with Gasteiger partial charge in [-0.1, -0.05) is 44.2 Å². The lowest BCUT2D eigenvalue weighted by Crippen LogP contribution is -2.24. The summed E-state index contributed by atoms with van der Waals surface area (Å²) in [6.45, 7) is 5.79. The minimum Gasteiger partial charge on any atom is -0.464 e. The molecule has 1 atom stereocenters. The van der Waals surface area contributed by atoms with E-state index in [-0.39, 0.29) is 11.8 Å². The molecule has 1 unspecified atom stereocenters. The molecule has 1 fully saturated rings. The molecule has 8 nitrogen and oxygen atoms in total. The number of anilines is 2. The van der Waals surface area contributed by atoms with Gasteiger partial charge in [0, 0.05) is 24.6 Å². The van der Waals surface area contributed by atoms with Crippen molar-refractivity contribution < 1.29 is 19.1 Å². The molecule has 0 radical (unpaired) electrons. The molecule has 1 amide bonds. The number of hydrogen-bond donors (Lipinski definition) is 2. The molecule has 192 valence electrons. The Morgan fingerprint density at radius 1 is 1.22 bits per heavy atom. The van der Waals surface area contributed by atoms with Crippen molar-refractivity contribution >= 4 is 34.3 Å². The van der Waals surface area contributed by atoms with Crippen molar-refractivity contribution in [3.8, 4) is 0 Å². The van der Waals surface area contributed by atoms with Crippen LogP contribution in [0.4, 0.5) is 11.4 Å². The van der Waals surface area contributed by atoms with Crippen molar-refractivity contribution in [3.05, 3.63) is 53.9 Å². The van der Waals surface area contributed by atoms with Crippen molar-refractivity contribution in [1.82, 2.24) is 9.55 Å². The Bertz CT molecular complexity index is 1180. The van der Waals surface area contributed by atoms with E-state index in [2.05, 4.69) is 36.6 Å².